The Labute approximate surface area is 130 Å². The summed E-state index contributed by atoms with van der Waals surface area (Å²) in [6, 6.07) is 12.9. The Morgan fingerprint density at radius 3 is 2.48 bits per heavy atom. The van der Waals surface area contributed by atoms with Crippen molar-refractivity contribution in [1.29, 1.82) is 0 Å². The lowest BCUT2D eigenvalue weighted by atomic mass is 9.87. The van der Waals surface area contributed by atoms with Gasteiger partial charge >= 0.3 is 5.97 Å². The molecule has 0 saturated carbocycles. The van der Waals surface area contributed by atoms with Crippen molar-refractivity contribution in [2.75, 3.05) is 0 Å². The third kappa shape index (κ3) is 3.45. The fraction of sp³-hybridized carbons (Fsp3) is 0.278. The first-order valence-corrected chi connectivity index (χ1v) is 7.57. The fourth-order valence-electron chi connectivity index (χ4n) is 2.68. The van der Waals surface area contributed by atoms with Crippen molar-refractivity contribution in [3.63, 3.8) is 0 Å². The van der Waals surface area contributed by atoms with E-state index in [4.69, 9.17) is 16.7 Å². The van der Waals surface area contributed by atoms with E-state index in [1.807, 2.05) is 18.2 Å². The van der Waals surface area contributed by atoms with Crippen LogP contribution in [0.1, 0.15) is 48.5 Å². The fourth-order valence-corrected chi connectivity index (χ4v) is 2.85. The molecule has 0 spiro atoms. The van der Waals surface area contributed by atoms with Gasteiger partial charge in [0.1, 0.15) is 0 Å². The molecular weight excluding hydrogens is 284 g/mol. The standard InChI is InChI=1S/C18H19ClO2/c1-3-12(4-2)16-9-8-15(19)11-17(16)13-6-5-7-14(10-13)18(20)21/h5-12H,3-4H2,1-2H3,(H,20,21). The molecule has 0 fully saturated rings. The second kappa shape index (κ2) is 6.77. The van der Waals surface area contributed by atoms with Crippen LogP contribution in [-0.2, 0) is 0 Å². The van der Waals surface area contributed by atoms with E-state index in [9.17, 15) is 4.79 Å². The van der Waals surface area contributed by atoms with Gasteiger partial charge in [-0.2, -0.15) is 0 Å². The van der Waals surface area contributed by atoms with Crippen LogP contribution in [0, 0.1) is 0 Å². The van der Waals surface area contributed by atoms with Crippen LogP contribution < -0.4 is 0 Å². The number of hydrogen-bond donors (Lipinski definition) is 1. The molecule has 0 aliphatic heterocycles. The van der Waals surface area contributed by atoms with E-state index in [-0.39, 0.29) is 0 Å². The second-order valence-corrected chi connectivity index (χ2v) is 5.57. The molecular formula is C18H19ClO2. The van der Waals surface area contributed by atoms with E-state index >= 15 is 0 Å². The van der Waals surface area contributed by atoms with Gasteiger partial charge in [-0.05, 0) is 59.7 Å². The molecule has 21 heavy (non-hydrogen) atoms. The molecule has 0 aromatic heterocycles. The third-order valence-corrected chi connectivity index (χ3v) is 4.10. The zero-order chi connectivity index (χ0) is 15.4. The molecule has 2 rings (SSSR count). The zero-order valence-corrected chi connectivity index (χ0v) is 13.0. The lowest BCUT2D eigenvalue weighted by molar-refractivity contribution is 0.0697. The van der Waals surface area contributed by atoms with Crippen LogP contribution in [0.3, 0.4) is 0 Å². The van der Waals surface area contributed by atoms with Gasteiger partial charge in [-0.3, -0.25) is 0 Å². The topological polar surface area (TPSA) is 37.3 Å². The van der Waals surface area contributed by atoms with Crippen molar-refractivity contribution in [3.05, 3.63) is 58.6 Å². The first kappa shape index (κ1) is 15.6. The van der Waals surface area contributed by atoms with E-state index in [2.05, 4.69) is 19.9 Å². The predicted molar refractivity (Wildman–Crippen MR) is 87.2 cm³/mol. The van der Waals surface area contributed by atoms with E-state index in [0.717, 1.165) is 24.0 Å². The molecule has 110 valence electrons. The first-order valence-electron chi connectivity index (χ1n) is 7.20. The molecule has 0 radical (unpaired) electrons. The highest BCUT2D eigenvalue weighted by Gasteiger charge is 2.15. The highest BCUT2D eigenvalue weighted by molar-refractivity contribution is 6.30. The molecule has 0 unspecified atom stereocenters. The van der Waals surface area contributed by atoms with E-state index in [1.54, 1.807) is 18.2 Å². The van der Waals surface area contributed by atoms with E-state index in [1.165, 1.54) is 5.56 Å². The van der Waals surface area contributed by atoms with Gasteiger partial charge in [0.2, 0.25) is 0 Å². The number of carbonyl (C=O) groups is 1. The summed E-state index contributed by atoms with van der Waals surface area (Å²) in [4.78, 5) is 11.2. The number of carboxylic acids is 1. The first-order chi connectivity index (χ1) is 10.1. The summed E-state index contributed by atoms with van der Waals surface area (Å²) in [7, 11) is 0. The smallest absolute Gasteiger partial charge is 0.335 e. The predicted octanol–water partition coefficient (Wildman–Crippen LogP) is 5.61. The summed E-state index contributed by atoms with van der Waals surface area (Å²) in [6.45, 7) is 4.33. The molecule has 1 N–H and O–H groups in total. The zero-order valence-electron chi connectivity index (χ0n) is 12.3. The van der Waals surface area contributed by atoms with Crippen LogP contribution in [0.4, 0.5) is 0 Å². The Hall–Kier alpha value is -1.80. The van der Waals surface area contributed by atoms with E-state index < -0.39 is 5.97 Å². The normalized spacial score (nSPS) is 10.9. The second-order valence-electron chi connectivity index (χ2n) is 5.13. The molecule has 3 heteroatoms. The Morgan fingerprint density at radius 2 is 1.86 bits per heavy atom. The number of aromatic carboxylic acids is 1. The maximum Gasteiger partial charge on any atom is 0.335 e. The molecule has 0 amide bonds. The Kier molecular flexibility index (Phi) is 5.03. The molecule has 0 heterocycles. The molecule has 2 aromatic rings. The van der Waals surface area contributed by atoms with Crippen molar-refractivity contribution in [2.45, 2.75) is 32.6 Å². The highest BCUT2D eigenvalue weighted by Crippen LogP contribution is 2.35. The van der Waals surface area contributed by atoms with Gasteiger partial charge in [-0.15, -0.1) is 0 Å². The average Bonchev–Trinajstić information content (AvgIpc) is 2.50. The highest BCUT2D eigenvalue weighted by atomic mass is 35.5. The Balaban J connectivity index is 2.59. The summed E-state index contributed by atoms with van der Waals surface area (Å²) in [6.07, 6.45) is 2.09. The quantitative estimate of drug-likeness (QED) is 0.779. The van der Waals surface area contributed by atoms with Crippen LogP contribution in [-0.4, -0.2) is 11.1 Å². The van der Waals surface area contributed by atoms with Gasteiger partial charge in [0, 0.05) is 5.02 Å². The number of benzene rings is 2. The maximum absolute atomic E-state index is 11.2. The largest absolute Gasteiger partial charge is 0.478 e. The molecule has 0 atom stereocenters. The van der Waals surface area contributed by atoms with Crippen LogP contribution in [0.15, 0.2) is 42.5 Å². The van der Waals surface area contributed by atoms with Gasteiger partial charge in [-0.25, -0.2) is 4.79 Å². The monoisotopic (exact) mass is 302 g/mol. The van der Waals surface area contributed by atoms with Crippen LogP contribution in [0.2, 0.25) is 5.02 Å². The van der Waals surface area contributed by atoms with Crippen LogP contribution in [0.5, 0.6) is 0 Å². The molecule has 0 aliphatic carbocycles. The molecule has 2 aromatic carbocycles. The third-order valence-electron chi connectivity index (χ3n) is 3.86. The van der Waals surface area contributed by atoms with Gasteiger partial charge in [0.25, 0.3) is 0 Å². The van der Waals surface area contributed by atoms with Gasteiger partial charge in [-0.1, -0.05) is 43.6 Å². The number of rotatable bonds is 5. The number of hydrogen-bond acceptors (Lipinski definition) is 1. The van der Waals surface area contributed by atoms with Crippen LogP contribution >= 0.6 is 11.6 Å². The minimum absolute atomic E-state index is 0.294. The maximum atomic E-state index is 11.2. The molecule has 2 nitrogen and oxygen atoms in total. The molecule has 0 aliphatic rings. The lowest BCUT2D eigenvalue weighted by Crippen LogP contribution is -2.00. The summed E-state index contributed by atoms with van der Waals surface area (Å²) >= 11 is 6.14. The number of halogens is 1. The minimum atomic E-state index is -0.914. The summed E-state index contributed by atoms with van der Waals surface area (Å²) in [5, 5.41) is 9.82. The lowest BCUT2D eigenvalue weighted by Gasteiger charge is -2.18. The van der Waals surface area contributed by atoms with Gasteiger partial charge in [0.15, 0.2) is 0 Å². The summed E-state index contributed by atoms with van der Waals surface area (Å²) in [5.74, 6) is -0.464. The van der Waals surface area contributed by atoms with E-state index in [0.29, 0.717) is 16.5 Å². The minimum Gasteiger partial charge on any atom is -0.478 e. The van der Waals surface area contributed by atoms with Crippen molar-refractivity contribution in [2.24, 2.45) is 0 Å². The number of carboxylic acid groups (broad SMARTS) is 1. The van der Waals surface area contributed by atoms with Crippen LogP contribution in [0.25, 0.3) is 11.1 Å². The Bertz CT molecular complexity index is 645. The average molecular weight is 303 g/mol. The summed E-state index contributed by atoms with van der Waals surface area (Å²) < 4.78 is 0. The molecule has 0 saturated heterocycles. The van der Waals surface area contributed by atoms with Crippen molar-refractivity contribution in [1.82, 2.24) is 0 Å². The SMILES string of the molecule is CCC(CC)c1ccc(Cl)cc1-c1cccc(C(=O)O)c1. The Morgan fingerprint density at radius 1 is 1.14 bits per heavy atom. The summed E-state index contributed by atoms with van der Waals surface area (Å²) in [5.41, 5.74) is 3.45. The molecule has 0 bridgehead atoms. The van der Waals surface area contributed by atoms with Crippen molar-refractivity contribution in [3.8, 4) is 11.1 Å². The van der Waals surface area contributed by atoms with Crippen molar-refractivity contribution >= 4 is 17.6 Å². The van der Waals surface area contributed by atoms with Gasteiger partial charge < -0.3 is 5.11 Å². The van der Waals surface area contributed by atoms with Crippen molar-refractivity contribution < 1.29 is 9.90 Å². The van der Waals surface area contributed by atoms with Gasteiger partial charge in [0.05, 0.1) is 5.56 Å².